The summed E-state index contributed by atoms with van der Waals surface area (Å²) in [5.74, 6) is 0.131. The molecule has 108 valence electrons. The Morgan fingerprint density at radius 3 is 2.40 bits per heavy atom. The maximum absolute atomic E-state index is 12.5. The van der Waals surface area contributed by atoms with Crippen molar-refractivity contribution in [1.82, 2.24) is 19.5 Å². The van der Waals surface area contributed by atoms with E-state index >= 15 is 0 Å². The SMILES string of the molecule is Cc1nc(-n2cnc(C(F)(F)F)c2)cc(S(C)(=O)=O)n1. The molecule has 2 aromatic rings. The van der Waals surface area contributed by atoms with Crippen molar-refractivity contribution in [2.75, 3.05) is 6.26 Å². The Labute approximate surface area is 112 Å². The van der Waals surface area contributed by atoms with E-state index in [4.69, 9.17) is 0 Å². The van der Waals surface area contributed by atoms with Crippen LogP contribution in [0.5, 0.6) is 0 Å². The highest BCUT2D eigenvalue weighted by Gasteiger charge is 2.33. The van der Waals surface area contributed by atoms with E-state index in [0.717, 1.165) is 29.4 Å². The minimum absolute atomic E-state index is 0.000856. The van der Waals surface area contributed by atoms with Crippen LogP contribution in [0.1, 0.15) is 11.5 Å². The lowest BCUT2D eigenvalue weighted by molar-refractivity contribution is -0.140. The number of hydrogen-bond acceptors (Lipinski definition) is 5. The van der Waals surface area contributed by atoms with Crippen LogP contribution in [0.2, 0.25) is 0 Å². The summed E-state index contributed by atoms with van der Waals surface area (Å²) in [5.41, 5.74) is -1.09. The molecule has 0 bridgehead atoms. The third-order valence-corrected chi connectivity index (χ3v) is 3.29. The molecule has 20 heavy (non-hydrogen) atoms. The largest absolute Gasteiger partial charge is 0.434 e. The second-order valence-corrected chi connectivity index (χ2v) is 6.01. The minimum atomic E-state index is -4.58. The van der Waals surface area contributed by atoms with Gasteiger partial charge in [-0.05, 0) is 6.92 Å². The van der Waals surface area contributed by atoms with E-state index in [0.29, 0.717) is 0 Å². The lowest BCUT2D eigenvalue weighted by Gasteiger charge is -2.05. The van der Waals surface area contributed by atoms with E-state index in [1.54, 1.807) is 0 Å². The number of sulfone groups is 1. The number of alkyl halides is 3. The zero-order valence-electron chi connectivity index (χ0n) is 10.4. The molecule has 0 saturated carbocycles. The average Bonchev–Trinajstić information content (AvgIpc) is 2.75. The molecule has 2 rings (SSSR count). The van der Waals surface area contributed by atoms with E-state index in [1.165, 1.54) is 6.92 Å². The standard InChI is InChI=1S/C10H9F3N4O2S/c1-6-15-8(3-9(16-6)20(2,18)19)17-4-7(14-5-17)10(11,12)13/h3-5H,1-2H3. The van der Waals surface area contributed by atoms with Crippen molar-refractivity contribution in [3.05, 3.63) is 30.1 Å². The summed E-state index contributed by atoms with van der Waals surface area (Å²) in [6.07, 6.45) is -1.98. The van der Waals surface area contributed by atoms with Gasteiger partial charge in [-0.25, -0.2) is 23.4 Å². The van der Waals surface area contributed by atoms with Crippen LogP contribution in [-0.4, -0.2) is 34.2 Å². The van der Waals surface area contributed by atoms with Crippen molar-refractivity contribution in [1.29, 1.82) is 0 Å². The van der Waals surface area contributed by atoms with Gasteiger partial charge in [0.05, 0.1) is 0 Å². The van der Waals surface area contributed by atoms with Crippen molar-refractivity contribution in [3.8, 4) is 5.82 Å². The maximum atomic E-state index is 12.5. The van der Waals surface area contributed by atoms with Crippen LogP contribution in [0.4, 0.5) is 13.2 Å². The number of imidazole rings is 1. The topological polar surface area (TPSA) is 77.7 Å². The minimum Gasteiger partial charge on any atom is -0.290 e. The quantitative estimate of drug-likeness (QED) is 0.784. The molecule has 2 aromatic heterocycles. The Balaban J connectivity index is 2.54. The fraction of sp³-hybridized carbons (Fsp3) is 0.300. The summed E-state index contributed by atoms with van der Waals surface area (Å²) in [6, 6.07) is 1.09. The number of nitrogens with zero attached hydrogens (tertiary/aromatic N) is 4. The molecular weight excluding hydrogens is 297 g/mol. The van der Waals surface area contributed by atoms with Crippen molar-refractivity contribution >= 4 is 9.84 Å². The van der Waals surface area contributed by atoms with Gasteiger partial charge >= 0.3 is 6.18 Å². The normalized spacial score (nSPS) is 12.7. The number of hydrogen-bond donors (Lipinski definition) is 0. The van der Waals surface area contributed by atoms with Crippen molar-refractivity contribution in [2.45, 2.75) is 18.1 Å². The molecule has 0 unspecified atom stereocenters. The highest BCUT2D eigenvalue weighted by molar-refractivity contribution is 7.90. The summed E-state index contributed by atoms with van der Waals surface area (Å²) >= 11 is 0. The molecule has 0 N–H and O–H groups in total. The summed E-state index contributed by atoms with van der Waals surface area (Å²) in [6.45, 7) is 1.44. The molecule has 0 aliphatic heterocycles. The summed E-state index contributed by atoms with van der Waals surface area (Å²) in [5, 5.41) is -0.262. The van der Waals surface area contributed by atoms with Crippen molar-refractivity contribution < 1.29 is 21.6 Å². The van der Waals surface area contributed by atoms with Crippen molar-refractivity contribution in [2.24, 2.45) is 0 Å². The molecule has 0 amide bonds. The fourth-order valence-corrected chi connectivity index (χ4v) is 2.06. The van der Waals surface area contributed by atoms with Gasteiger partial charge in [0.1, 0.15) is 18.0 Å². The maximum Gasteiger partial charge on any atom is 0.434 e. The first-order valence-electron chi connectivity index (χ1n) is 5.24. The van der Waals surface area contributed by atoms with Gasteiger partial charge in [-0.15, -0.1) is 0 Å². The second-order valence-electron chi connectivity index (χ2n) is 4.05. The first kappa shape index (κ1) is 14.4. The number of aromatic nitrogens is 4. The van der Waals surface area contributed by atoms with Crippen LogP contribution in [0.3, 0.4) is 0 Å². The Morgan fingerprint density at radius 2 is 1.90 bits per heavy atom. The second kappa shape index (κ2) is 4.54. The molecule has 2 heterocycles. The summed E-state index contributed by atoms with van der Waals surface area (Å²) in [4.78, 5) is 10.8. The van der Waals surface area contributed by atoms with Gasteiger partial charge in [0.15, 0.2) is 20.6 Å². The molecule has 10 heteroatoms. The first-order chi connectivity index (χ1) is 9.07. The predicted molar refractivity (Wildman–Crippen MR) is 62.0 cm³/mol. The molecular formula is C10H9F3N4O2S. The third-order valence-electron chi connectivity index (χ3n) is 2.32. The third kappa shape index (κ3) is 2.95. The average molecular weight is 306 g/mol. The molecule has 0 saturated heterocycles. The molecule has 0 aliphatic rings. The van der Waals surface area contributed by atoms with Gasteiger partial charge in [0.2, 0.25) is 0 Å². The summed E-state index contributed by atoms with van der Waals surface area (Å²) in [7, 11) is -3.58. The number of rotatable bonds is 2. The van der Waals surface area contributed by atoms with Gasteiger partial charge in [-0.3, -0.25) is 4.57 Å². The molecule has 0 aromatic carbocycles. The van der Waals surface area contributed by atoms with Crippen LogP contribution in [0, 0.1) is 6.92 Å². The van der Waals surface area contributed by atoms with Gasteiger partial charge in [0.25, 0.3) is 0 Å². The van der Waals surface area contributed by atoms with E-state index < -0.39 is 21.7 Å². The zero-order chi connectivity index (χ0) is 15.1. The molecule has 0 fully saturated rings. The molecule has 0 aliphatic carbocycles. The van der Waals surface area contributed by atoms with E-state index in [2.05, 4.69) is 15.0 Å². The van der Waals surface area contributed by atoms with Crippen LogP contribution in [-0.2, 0) is 16.0 Å². The van der Waals surface area contributed by atoms with Gasteiger partial charge in [0, 0.05) is 18.5 Å². The molecule has 6 nitrogen and oxygen atoms in total. The lowest BCUT2D eigenvalue weighted by Crippen LogP contribution is -2.07. The Kier molecular flexibility index (Phi) is 3.28. The van der Waals surface area contributed by atoms with E-state index in [9.17, 15) is 21.6 Å². The van der Waals surface area contributed by atoms with E-state index in [-0.39, 0.29) is 16.7 Å². The Morgan fingerprint density at radius 1 is 1.25 bits per heavy atom. The van der Waals surface area contributed by atoms with Crippen LogP contribution >= 0.6 is 0 Å². The monoisotopic (exact) mass is 306 g/mol. The Bertz CT molecular complexity index is 752. The Hall–Kier alpha value is -1.97. The molecule has 0 spiro atoms. The summed E-state index contributed by atoms with van der Waals surface area (Å²) < 4.78 is 61.2. The highest BCUT2D eigenvalue weighted by atomic mass is 32.2. The molecule has 0 radical (unpaired) electrons. The fourth-order valence-electron chi connectivity index (χ4n) is 1.44. The van der Waals surface area contributed by atoms with Crippen LogP contribution < -0.4 is 0 Å². The zero-order valence-corrected chi connectivity index (χ0v) is 11.2. The highest BCUT2D eigenvalue weighted by Crippen LogP contribution is 2.28. The van der Waals surface area contributed by atoms with Gasteiger partial charge < -0.3 is 0 Å². The number of halogens is 3. The first-order valence-corrected chi connectivity index (χ1v) is 7.14. The van der Waals surface area contributed by atoms with Gasteiger partial charge in [-0.1, -0.05) is 0 Å². The van der Waals surface area contributed by atoms with Gasteiger partial charge in [-0.2, -0.15) is 13.2 Å². The van der Waals surface area contributed by atoms with Crippen LogP contribution in [0.25, 0.3) is 5.82 Å². The predicted octanol–water partition coefficient (Wildman–Crippen LogP) is 1.39. The number of aryl methyl sites for hydroxylation is 1. The molecule has 0 atom stereocenters. The lowest BCUT2D eigenvalue weighted by atomic mass is 10.4. The van der Waals surface area contributed by atoms with Crippen molar-refractivity contribution in [3.63, 3.8) is 0 Å². The van der Waals surface area contributed by atoms with E-state index in [1.807, 2.05) is 0 Å². The van der Waals surface area contributed by atoms with Crippen LogP contribution in [0.15, 0.2) is 23.6 Å². The smallest absolute Gasteiger partial charge is 0.290 e.